The van der Waals surface area contributed by atoms with Crippen molar-refractivity contribution >= 4 is 29.6 Å². The monoisotopic (exact) mass is 822 g/mol. The van der Waals surface area contributed by atoms with Gasteiger partial charge in [-0.25, -0.2) is 0 Å². The van der Waals surface area contributed by atoms with E-state index in [0.29, 0.717) is 31.7 Å². The number of carbonyl (C=O) groups excluding carboxylic acids is 3. The highest BCUT2D eigenvalue weighted by Crippen LogP contribution is 2.13. The van der Waals surface area contributed by atoms with E-state index in [1.54, 1.807) is 16.7 Å². The van der Waals surface area contributed by atoms with Crippen molar-refractivity contribution in [3.63, 3.8) is 0 Å². The normalized spacial score (nSPS) is 11.9. The summed E-state index contributed by atoms with van der Waals surface area (Å²) in [4.78, 5) is 39.8. The van der Waals surface area contributed by atoms with Gasteiger partial charge in [0.2, 0.25) is 5.91 Å². The van der Waals surface area contributed by atoms with Crippen LogP contribution in [0.4, 0.5) is 0 Å². The van der Waals surface area contributed by atoms with Crippen LogP contribution in [0.1, 0.15) is 207 Å². The van der Waals surface area contributed by atoms with Gasteiger partial charge in [-0.1, -0.05) is 148 Å². The molecule has 0 aromatic heterocycles. The summed E-state index contributed by atoms with van der Waals surface area (Å²) >= 11 is 1.65. The number of rotatable bonds is 43. The van der Waals surface area contributed by atoms with Crippen LogP contribution in [0.5, 0.6) is 0 Å². The Hall–Kier alpha value is -1.80. The van der Waals surface area contributed by atoms with Gasteiger partial charge in [0.25, 0.3) is 0 Å². The Labute approximate surface area is 357 Å². The fourth-order valence-corrected chi connectivity index (χ4v) is 8.13. The van der Waals surface area contributed by atoms with Gasteiger partial charge in [0.15, 0.2) is 0 Å². The molecule has 0 spiro atoms. The van der Waals surface area contributed by atoms with Crippen molar-refractivity contribution in [2.24, 2.45) is 0 Å². The van der Waals surface area contributed by atoms with Gasteiger partial charge in [0.05, 0.1) is 46.0 Å². The van der Waals surface area contributed by atoms with Crippen LogP contribution in [0, 0.1) is 0 Å². The third kappa shape index (κ3) is 40.8. The quantitative estimate of drug-likeness (QED) is 0.0264. The lowest BCUT2D eigenvalue weighted by atomic mass is 10.1. The Balaban J connectivity index is 4.29. The Bertz CT molecular complexity index is 927. The first-order chi connectivity index (χ1) is 27.8. The van der Waals surface area contributed by atoms with Crippen LogP contribution in [0.15, 0.2) is 24.3 Å². The van der Waals surface area contributed by atoms with Crippen LogP contribution in [0.2, 0.25) is 0 Å². The van der Waals surface area contributed by atoms with Crippen molar-refractivity contribution in [1.29, 1.82) is 0 Å². The van der Waals surface area contributed by atoms with Gasteiger partial charge in [-0.15, -0.1) is 11.8 Å². The molecule has 57 heavy (non-hydrogen) atoms. The first-order valence-electron chi connectivity index (χ1n) is 24.0. The first kappa shape index (κ1) is 55.2. The summed E-state index contributed by atoms with van der Waals surface area (Å²) in [5.41, 5.74) is 0. The molecule has 0 N–H and O–H groups in total. The average Bonchev–Trinajstić information content (AvgIpc) is 3.18. The molecule has 0 heterocycles. The van der Waals surface area contributed by atoms with E-state index < -0.39 is 0 Å². The van der Waals surface area contributed by atoms with Gasteiger partial charge in [-0.2, -0.15) is 0 Å². The molecule has 0 fully saturated rings. The zero-order chi connectivity index (χ0) is 41.9. The summed E-state index contributed by atoms with van der Waals surface area (Å²) in [5, 5.41) is 0. The Morgan fingerprint density at radius 1 is 0.491 bits per heavy atom. The van der Waals surface area contributed by atoms with E-state index in [-0.39, 0.29) is 31.1 Å². The minimum Gasteiger partial charge on any atom is -0.464 e. The van der Waals surface area contributed by atoms with Crippen LogP contribution in [-0.4, -0.2) is 92.2 Å². The van der Waals surface area contributed by atoms with Gasteiger partial charge < -0.3 is 18.9 Å². The van der Waals surface area contributed by atoms with Crippen LogP contribution < -0.4 is 0 Å². The fourth-order valence-electron chi connectivity index (χ4n) is 7.00. The van der Waals surface area contributed by atoms with E-state index in [0.717, 1.165) is 81.1 Å². The Morgan fingerprint density at radius 2 is 0.860 bits per heavy atom. The van der Waals surface area contributed by atoms with E-state index in [1.807, 2.05) is 0 Å². The maximum Gasteiger partial charge on any atom is 0.305 e. The minimum absolute atomic E-state index is 0.00223. The molecule has 0 saturated heterocycles. The molecule has 0 saturated carbocycles. The molecule has 334 valence electrons. The van der Waals surface area contributed by atoms with E-state index in [4.69, 9.17) is 9.47 Å². The van der Waals surface area contributed by atoms with Crippen LogP contribution in [0.3, 0.4) is 0 Å². The van der Waals surface area contributed by atoms with Gasteiger partial charge in [0, 0.05) is 18.6 Å². The third-order valence-electron chi connectivity index (χ3n) is 10.8. The molecule has 0 aliphatic carbocycles. The molecular weight excluding hydrogens is 729 g/mol. The molecule has 0 aromatic carbocycles. The maximum absolute atomic E-state index is 13.2. The van der Waals surface area contributed by atoms with Crippen molar-refractivity contribution in [2.45, 2.75) is 207 Å². The summed E-state index contributed by atoms with van der Waals surface area (Å²) < 4.78 is 12.0. The molecule has 1 amide bonds. The number of esters is 2. The number of ether oxygens (including phenoxy) is 2. The lowest BCUT2D eigenvalue weighted by Gasteiger charge is -2.29. The molecule has 0 aliphatic heterocycles. The summed E-state index contributed by atoms with van der Waals surface area (Å²) in [6.45, 7) is 9.83. The second-order valence-electron chi connectivity index (χ2n) is 16.9. The number of amides is 1. The summed E-state index contributed by atoms with van der Waals surface area (Å²) in [7, 11) is 4.46. The summed E-state index contributed by atoms with van der Waals surface area (Å²) in [6.07, 6.45) is 43.2. The number of carbonyl (C=O) groups is 3. The third-order valence-corrected chi connectivity index (χ3v) is 11.7. The predicted octanol–water partition coefficient (Wildman–Crippen LogP) is 13.2. The molecule has 8 heteroatoms. The topological polar surface area (TPSA) is 72.9 Å². The minimum atomic E-state index is -0.197. The number of quaternary nitrogens is 1. The Kier molecular flexibility index (Phi) is 41.0. The average molecular weight is 822 g/mol. The second kappa shape index (κ2) is 42.3. The van der Waals surface area contributed by atoms with Crippen molar-refractivity contribution < 1.29 is 28.3 Å². The van der Waals surface area contributed by atoms with Gasteiger partial charge in [-0.05, 0) is 70.6 Å². The van der Waals surface area contributed by atoms with Crippen molar-refractivity contribution in [1.82, 2.24) is 4.90 Å². The van der Waals surface area contributed by atoms with Crippen molar-refractivity contribution in [3.05, 3.63) is 24.3 Å². The number of hydrogen-bond donors (Lipinski definition) is 0. The molecular formula is C49H93N2O5S+. The first-order valence-corrected chi connectivity index (χ1v) is 25.2. The van der Waals surface area contributed by atoms with Crippen LogP contribution in [-0.2, 0) is 23.9 Å². The molecule has 0 bridgehead atoms. The molecule has 0 unspecified atom stereocenters. The number of nitrogens with zero attached hydrogens (tertiary/aromatic N) is 2. The summed E-state index contributed by atoms with van der Waals surface area (Å²) in [5.74, 6) is 0.885. The van der Waals surface area contributed by atoms with Crippen LogP contribution in [0.25, 0.3) is 0 Å². The SMILES string of the molecule is CCCCCCCC/C=C\CCCCCCCC(=O)OCCN(CCOC(=O)CCCCCCC/C=C\CCCCCCCC)C(=O)CSCC[N+](C)(C)CCC. The second-order valence-corrected chi connectivity index (χ2v) is 18.0. The molecule has 0 aromatic rings. The van der Waals surface area contributed by atoms with Gasteiger partial charge >= 0.3 is 11.9 Å². The zero-order valence-electron chi connectivity index (χ0n) is 38.3. The van der Waals surface area contributed by atoms with E-state index in [9.17, 15) is 14.4 Å². The number of hydrogen-bond acceptors (Lipinski definition) is 6. The number of thioether (sulfide) groups is 1. The predicted molar refractivity (Wildman–Crippen MR) is 247 cm³/mol. The Morgan fingerprint density at radius 3 is 1.25 bits per heavy atom. The molecule has 0 rings (SSSR count). The largest absolute Gasteiger partial charge is 0.464 e. The highest BCUT2D eigenvalue weighted by molar-refractivity contribution is 7.99. The molecule has 7 nitrogen and oxygen atoms in total. The summed E-state index contributed by atoms with van der Waals surface area (Å²) in [6, 6.07) is 0. The standard InChI is InChI=1S/C49H93N2O5S/c1-6-9-11-13-15-17-19-21-23-25-27-29-31-33-35-37-48(53)55-43-39-50(47(52)46-57-45-42-51(4,5)41-8-3)40-44-56-49(54)38-36-34-32-30-28-26-24-22-20-18-16-14-12-10-7-2/h21-24H,6-20,25-46H2,1-5H3/q+1/b23-21-,24-22-. The van der Waals surface area contributed by atoms with Crippen LogP contribution >= 0.6 is 11.8 Å². The van der Waals surface area contributed by atoms with Crippen molar-refractivity contribution in [3.8, 4) is 0 Å². The zero-order valence-corrected chi connectivity index (χ0v) is 39.1. The van der Waals surface area contributed by atoms with E-state index >= 15 is 0 Å². The smallest absolute Gasteiger partial charge is 0.305 e. The van der Waals surface area contributed by atoms with E-state index in [1.165, 1.54) is 116 Å². The number of allylic oxidation sites excluding steroid dienone is 4. The maximum atomic E-state index is 13.2. The fraction of sp³-hybridized carbons (Fsp3) is 0.857. The highest BCUT2D eigenvalue weighted by atomic mass is 32.2. The highest BCUT2D eigenvalue weighted by Gasteiger charge is 2.18. The molecule has 0 aliphatic rings. The van der Waals surface area contributed by atoms with Crippen molar-refractivity contribution in [2.75, 3.05) is 65.0 Å². The van der Waals surface area contributed by atoms with Gasteiger partial charge in [-0.3, -0.25) is 14.4 Å². The molecule has 0 radical (unpaired) electrons. The molecule has 0 atom stereocenters. The van der Waals surface area contributed by atoms with E-state index in [2.05, 4.69) is 59.2 Å². The number of unbranched alkanes of at least 4 members (excludes halogenated alkanes) is 22. The van der Waals surface area contributed by atoms with Gasteiger partial charge in [0.1, 0.15) is 13.2 Å². The lowest BCUT2D eigenvalue weighted by molar-refractivity contribution is -0.887. The lowest BCUT2D eigenvalue weighted by Crippen LogP contribution is -2.42.